The van der Waals surface area contributed by atoms with Crippen molar-refractivity contribution in [1.82, 2.24) is 4.90 Å². The van der Waals surface area contributed by atoms with Gasteiger partial charge in [-0.05, 0) is 43.7 Å². The van der Waals surface area contributed by atoms with Gasteiger partial charge in [-0.15, -0.1) is 0 Å². The molecule has 0 radical (unpaired) electrons. The monoisotopic (exact) mass is 312 g/mol. The molecule has 1 aromatic carbocycles. The first-order valence-corrected chi connectivity index (χ1v) is 7.83. The third kappa shape index (κ3) is 7.93. The Balaban J connectivity index is 2.13. The lowest BCUT2D eigenvalue weighted by atomic mass is 10.1. The number of hydrogen-bond donors (Lipinski definition) is 1. The van der Waals surface area contributed by atoms with E-state index in [-0.39, 0.29) is 5.91 Å². The van der Waals surface area contributed by atoms with Crippen molar-refractivity contribution in [3.63, 3.8) is 0 Å². The number of carbonyl (C=O) groups excluding carboxylic acids is 1. The van der Waals surface area contributed by atoms with E-state index >= 15 is 0 Å². The second kappa shape index (κ2) is 10.5. The van der Waals surface area contributed by atoms with Crippen LogP contribution in [0.1, 0.15) is 32.1 Å². The maximum atomic E-state index is 11.9. The largest absolute Gasteiger partial charge is 0.492 e. The maximum Gasteiger partial charge on any atom is 0.222 e. The molecule has 5 heteroatoms. The van der Waals surface area contributed by atoms with E-state index in [1.54, 1.807) is 17.0 Å². The molecule has 0 atom stereocenters. The summed E-state index contributed by atoms with van der Waals surface area (Å²) in [5, 5.41) is 0.685. The lowest BCUT2D eigenvalue weighted by Gasteiger charge is -2.17. The number of benzene rings is 1. The standard InChI is InChI=1S/C16H25ClN2O2/c1-19(16(20)6-4-2-3-5-11-18)12-13-21-15-9-7-14(17)8-10-15/h7-10H,2-6,11-13,18H2,1H3. The van der Waals surface area contributed by atoms with Crippen molar-refractivity contribution >= 4 is 17.5 Å². The van der Waals surface area contributed by atoms with Crippen LogP contribution in [0.4, 0.5) is 0 Å². The molecule has 4 nitrogen and oxygen atoms in total. The minimum Gasteiger partial charge on any atom is -0.492 e. The summed E-state index contributed by atoms with van der Waals surface area (Å²) in [7, 11) is 1.81. The third-order valence-corrected chi connectivity index (χ3v) is 3.53. The van der Waals surface area contributed by atoms with Crippen molar-refractivity contribution in [2.75, 3.05) is 26.7 Å². The Morgan fingerprint density at radius 3 is 2.52 bits per heavy atom. The molecule has 0 bridgehead atoms. The quantitative estimate of drug-likeness (QED) is 0.675. The number of nitrogens with two attached hydrogens (primary N) is 1. The van der Waals surface area contributed by atoms with E-state index in [1.165, 1.54) is 0 Å². The molecule has 0 fully saturated rings. The summed E-state index contributed by atoms with van der Waals surface area (Å²) in [5.74, 6) is 0.935. The van der Waals surface area contributed by atoms with E-state index in [2.05, 4.69) is 0 Å². The molecule has 118 valence electrons. The predicted octanol–water partition coefficient (Wildman–Crippen LogP) is 3.09. The number of halogens is 1. The third-order valence-electron chi connectivity index (χ3n) is 3.28. The number of unbranched alkanes of at least 4 members (excludes halogenated alkanes) is 3. The van der Waals surface area contributed by atoms with E-state index in [1.807, 2.05) is 19.2 Å². The number of ether oxygens (including phenoxy) is 1. The fraction of sp³-hybridized carbons (Fsp3) is 0.562. The Hall–Kier alpha value is -1.26. The van der Waals surface area contributed by atoms with Crippen LogP contribution in [0.15, 0.2) is 24.3 Å². The SMILES string of the molecule is CN(CCOc1ccc(Cl)cc1)C(=O)CCCCCCN. The van der Waals surface area contributed by atoms with Gasteiger partial charge < -0.3 is 15.4 Å². The molecule has 0 aliphatic carbocycles. The van der Waals surface area contributed by atoms with Crippen LogP contribution in [-0.4, -0.2) is 37.6 Å². The highest BCUT2D eigenvalue weighted by molar-refractivity contribution is 6.30. The Labute approximate surface area is 132 Å². The van der Waals surface area contributed by atoms with Crippen molar-refractivity contribution in [1.29, 1.82) is 0 Å². The van der Waals surface area contributed by atoms with Crippen molar-refractivity contribution in [3.05, 3.63) is 29.3 Å². The van der Waals surface area contributed by atoms with Gasteiger partial charge in [-0.2, -0.15) is 0 Å². The summed E-state index contributed by atoms with van der Waals surface area (Å²) in [4.78, 5) is 13.6. The highest BCUT2D eigenvalue weighted by atomic mass is 35.5. The van der Waals surface area contributed by atoms with E-state index < -0.39 is 0 Å². The summed E-state index contributed by atoms with van der Waals surface area (Å²) in [6, 6.07) is 7.21. The Morgan fingerprint density at radius 1 is 1.19 bits per heavy atom. The van der Waals surface area contributed by atoms with Gasteiger partial charge in [-0.1, -0.05) is 24.4 Å². The summed E-state index contributed by atoms with van der Waals surface area (Å²) in [5.41, 5.74) is 5.43. The molecule has 1 rings (SSSR count). The molecule has 21 heavy (non-hydrogen) atoms. The molecular formula is C16H25ClN2O2. The average Bonchev–Trinajstić information content (AvgIpc) is 2.48. The van der Waals surface area contributed by atoms with Crippen LogP contribution in [0.25, 0.3) is 0 Å². The first-order valence-electron chi connectivity index (χ1n) is 7.46. The van der Waals surface area contributed by atoms with Crippen LogP contribution in [-0.2, 0) is 4.79 Å². The minimum atomic E-state index is 0.169. The molecule has 0 spiro atoms. The van der Waals surface area contributed by atoms with E-state index in [9.17, 15) is 4.79 Å². The minimum absolute atomic E-state index is 0.169. The number of amides is 1. The molecule has 1 amide bonds. The van der Waals surface area contributed by atoms with Gasteiger partial charge in [0.1, 0.15) is 12.4 Å². The number of rotatable bonds is 10. The van der Waals surface area contributed by atoms with Crippen molar-refractivity contribution < 1.29 is 9.53 Å². The Morgan fingerprint density at radius 2 is 1.86 bits per heavy atom. The average molecular weight is 313 g/mol. The lowest BCUT2D eigenvalue weighted by molar-refractivity contribution is -0.130. The topological polar surface area (TPSA) is 55.6 Å². The zero-order valence-corrected chi connectivity index (χ0v) is 13.4. The first-order chi connectivity index (χ1) is 10.1. The zero-order valence-electron chi connectivity index (χ0n) is 12.7. The van der Waals surface area contributed by atoms with Gasteiger partial charge in [0, 0.05) is 18.5 Å². The van der Waals surface area contributed by atoms with Gasteiger partial charge in [0.15, 0.2) is 0 Å². The van der Waals surface area contributed by atoms with Crippen LogP contribution < -0.4 is 10.5 Å². The van der Waals surface area contributed by atoms with Crippen molar-refractivity contribution in [3.8, 4) is 5.75 Å². The number of nitrogens with zero attached hydrogens (tertiary/aromatic N) is 1. The Kier molecular flexibility index (Phi) is 8.87. The second-order valence-electron chi connectivity index (χ2n) is 5.07. The van der Waals surface area contributed by atoms with Gasteiger partial charge in [-0.25, -0.2) is 0 Å². The van der Waals surface area contributed by atoms with Crippen LogP contribution >= 0.6 is 11.6 Å². The van der Waals surface area contributed by atoms with Crippen LogP contribution in [0.3, 0.4) is 0 Å². The first kappa shape index (κ1) is 17.8. The number of carbonyl (C=O) groups is 1. The molecule has 0 unspecified atom stereocenters. The predicted molar refractivity (Wildman–Crippen MR) is 86.7 cm³/mol. The number of hydrogen-bond acceptors (Lipinski definition) is 3. The van der Waals surface area contributed by atoms with Gasteiger partial charge >= 0.3 is 0 Å². The molecule has 0 heterocycles. The molecular weight excluding hydrogens is 288 g/mol. The summed E-state index contributed by atoms with van der Waals surface area (Å²) in [6.45, 7) is 1.80. The van der Waals surface area contributed by atoms with Crippen LogP contribution in [0, 0.1) is 0 Å². The molecule has 2 N–H and O–H groups in total. The Bertz CT molecular complexity index is 409. The van der Waals surface area contributed by atoms with E-state index in [4.69, 9.17) is 22.1 Å². The van der Waals surface area contributed by atoms with Crippen molar-refractivity contribution in [2.24, 2.45) is 5.73 Å². The van der Waals surface area contributed by atoms with Crippen LogP contribution in [0.2, 0.25) is 5.02 Å². The fourth-order valence-corrected chi connectivity index (χ4v) is 2.05. The molecule has 0 aliphatic heterocycles. The molecule has 0 saturated carbocycles. The van der Waals surface area contributed by atoms with Gasteiger partial charge in [0.05, 0.1) is 6.54 Å². The highest BCUT2D eigenvalue weighted by Crippen LogP contribution is 2.15. The van der Waals surface area contributed by atoms with Gasteiger partial charge in [0.25, 0.3) is 0 Å². The zero-order chi connectivity index (χ0) is 15.5. The summed E-state index contributed by atoms with van der Waals surface area (Å²) < 4.78 is 5.57. The number of likely N-dealkylation sites (N-methyl/N-ethyl adjacent to an activating group) is 1. The lowest BCUT2D eigenvalue weighted by Crippen LogP contribution is -2.30. The normalized spacial score (nSPS) is 10.4. The van der Waals surface area contributed by atoms with Crippen molar-refractivity contribution in [2.45, 2.75) is 32.1 Å². The highest BCUT2D eigenvalue weighted by Gasteiger charge is 2.08. The molecule has 0 aromatic heterocycles. The van der Waals surface area contributed by atoms with E-state index in [0.29, 0.717) is 24.6 Å². The molecule has 0 aliphatic rings. The van der Waals surface area contributed by atoms with Gasteiger partial charge in [0.2, 0.25) is 5.91 Å². The van der Waals surface area contributed by atoms with Crippen LogP contribution in [0.5, 0.6) is 5.75 Å². The van der Waals surface area contributed by atoms with E-state index in [0.717, 1.165) is 38.0 Å². The molecule has 1 aromatic rings. The summed E-state index contributed by atoms with van der Waals surface area (Å²) in [6.07, 6.45) is 4.74. The maximum absolute atomic E-state index is 11.9. The smallest absolute Gasteiger partial charge is 0.222 e. The summed E-state index contributed by atoms with van der Waals surface area (Å²) >= 11 is 5.80. The second-order valence-corrected chi connectivity index (χ2v) is 5.51. The van der Waals surface area contributed by atoms with Gasteiger partial charge in [-0.3, -0.25) is 4.79 Å². The fourth-order valence-electron chi connectivity index (χ4n) is 1.92. The molecule has 0 saturated heterocycles.